The van der Waals surface area contributed by atoms with E-state index in [0.717, 1.165) is 15.4 Å². The van der Waals surface area contributed by atoms with Crippen molar-refractivity contribution in [2.75, 3.05) is 10.8 Å². The molecule has 0 heterocycles. The first-order valence-electron chi connectivity index (χ1n) is 12.4. The highest BCUT2D eigenvalue weighted by molar-refractivity contribution is 7.92. The number of carbonyl (C=O) groups is 2. The van der Waals surface area contributed by atoms with E-state index >= 15 is 0 Å². The number of halogens is 2. The van der Waals surface area contributed by atoms with Crippen molar-refractivity contribution in [3.05, 3.63) is 94.0 Å². The average Bonchev–Trinajstić information content (AvgIpc) is 2.86. The van der Waals surface area contributed by atoms with E-state index in [1.165, 1.54) is 17.0 Å². The molecule has 3 rings (SSSR count). The lowest BCUT2D eigenvalue weighted by Crippen LogP contribution is -2.54. The number of sulfonamides is 1. The summed E-state index contributed by atoms with van der Waals surface area (Å²) in [6.07, 6.45) is 0. The molecule has 0 aliphatic heterocycles. The van der Waals surface area contributed by atoms with Crippen LogP contribution in [0.15, 0.2) is 77.7 Å². The Bertz CT molecular complexity index is 1420. The van der Waals surface area contributed by atoms with E-state index in [-0.39, 0.29) is 28.1 Å². The molecule has 0 aromatic heterocycles. The molecule has 3 aromatic rings. The van der Waals surface area contributed by atoms with Crippen molar-refractivity contribution in [2.24, 2.45) is 0 Å². The molecular formula is C29H33Cl2N3O4S. The van der Waals surface area contributed by atoms with E-state index in [1.54, 1.807) is 67.6 Å². The SMILES string of the molecule is Cc1ccc(S(=O)(=O)N(CC(=O)N(Cc2ccc(Cl)cc2)[C@@H](C)C(=O)NC(C)(C)C)c2ccccc2Cl)cc1. The van der Waals surface area contributed by atoms with Crippen LogP contribution in [0, 0.1) is 6.92 Å². The van der Waals surface area contributed by atoms with Gasteiger partial charge in [0.25, 0.3) is 10.0 Å². The van der Waals surface area contributed by atoms with Gasteiger partial charge in [0.2, 0.25) is 11.8 Å². The van der Waals surface area contributed by atoms with E-state index in [1.807, 2.05) is 27.7 Å². The molecule has 0 radical (unpaired) electrons. The largest absolute Gasteiger partial charge is 0.350 e. The summed E-state index contributed by atoms with van der Waals surface area (Å²) in [5.74, 6) is -0.937. The molecule has 208 valence electrons. The number of anilines is 1. The Labute approximate surface area is 240 Å². The number of nitrogens with zero attached hydrogens (tertiary/aromatic N) is 2. The van der Waals surface area contributed by atoms with Crippen molar-refractivity contribution >= 4 is 50.7 Å². The van der Waals surface area contributed by atoms with Gasteiger partial charge in [0.05, 0.1) is 15.6 Å². The van der Waals surface area contributed by atoms with Crippen molar-refractivity contribution in [2.45, 2.75) is 57.6 Å². The van der Waals surface area contributed by atoms with Gasteiger partial charge in [0.1, 0.15) is 12.6 Å². The number of para-hydroxylation sites is 1. The third kappa shape index (κ3) is 7.97. The maximum Gasteiger partial charge on any atom is 0.264 e. The Morgan fingerprint density at radius 1 is 0.923 bits per heavy atom. The number of rotatable bonds is 9. The minimum Gasteiger partial charge on any atom is -0.350 e. The summed E-state index contributed by atoms with van der Waals surface area (Å²) in [6.45, 7) is 8.49. The van der Waals surface area contributed by atoms with Gasteiger partial charge < -0.3 is 10.2 Å². The first kappa shape index (κ1) is 30.5. The average molecular weight is 591 g/mol. The predicted molar refractivity (Wildman–Crippen MR) is 157 cm³/mol. The van der Waals surface area contributed by atoms with Crippen molar-refractivity contribution in [1.82, 2.24) is 10.2 Å². The van der Waals surface area contributed by atoms with Crippen LogP contribution in [0.1, 0.15) is 38.8 Å². The molecule has 39 heavy (non-hydrogen) atoms. The Hall–Kier alpha value is -3.07. The van der Waals surface area contributed by atoms with Crippen LogP contribution in [0.25, 0.3) is 0 Å². The molecule has 7 nitrogen and oxygen atoms in total. The number of hydrogen-bond donors (Lipinski definition) is 1. The van der Waals surface area contributed by atoms with Gasteiger partial charge in [-0.25, -0.2) is 8.42 Å². The molecule has 1 atom stereocenters. The van der Waals surface area contributed by atoms with Gasteiger partial charge in [0, 0.05) is 17.1 Å². The fourth-order valence-electron chi connectivity index (χ4n) is 3.85. The van der Waals surface area contributed by atoms with Gasteiger partial charge in [-0.05, 0) is 76.6 Å². The van der Waals surface area contributed by atoms with Crippen LogP contribution in [0.4, 0.5) is 5.69 Å². The summed E-state index contributed by atoms with van der Waals surface area (Å²) in [4.78, 5) is 28.4. The zero-order chi connectivity index (χ0) is 29.0. The molecule has 0 saturated heterocycles. The van der Waals surface area contributed by atoms with Crippen LogP contribution in [0.5, 0.6) is 0 Å². The number of amides is 2. The molecule has 0 spiro atoms. The Morgan fingerprint density at radius 2 is 1.51 bits per heavy atom. The third-order valence-corrected chi connectivity index (χ3v) is 8.29. The van der Waals surface area contributed by atoms with Crippen molar-refractivity contribution in [3.63, 3.8) is 0 Å². The maximum atomic E-state index is 13.9. The maximum absolute atomic E-state index is 13.9. The van der Waals surface area contributed by atoms with Gasteiger partial charge in [-0.15, -0.1) is 0 Å². The quantitative estimate of drug-likeness (QED) is 0.340. The van der Waals surface area contributed by atoms with Crippen LogP contribution in [0.2, 0.25) is 10.0 Å². The highest BCUT2D eigenvalue weighted by Crippen LogP contribution is 2.31. The minimum atomic E-state index is -4.19. The lowest BCUT2D eigenvalue weighted by molar-refractivity contribution is -0.140. The van der Waals surface area contributed by atoms with Crippen LogP contribution in [-0.2, 0) is 26.2 Å². The summed E-state index contributed by atoms with van der Waals surface area (Å²) >= 11 is 12.5. The van der Waals surface area contributed by atoms with E-state index in [9.17, 15) is 18.0 Å². The third-order valence-electron chi connectivity index (χ3n) is 5.94. The Kier molecular flexibility index (Phi) is 9.69. The Morgan fingerprint density at radius 3 is 2.08 bits per heavy atom. The summed E-state index contributed by atoms with van der Waals surface area (Å²) in [5, 5.41) is 3.60. The normalized spacial score (nSPS) is 12.5. The van der Waals surface area contributed by atoms with Crippen molar-refractivity contribution in [1.29, 1.82) is 0 Å². The van der Waals surface area contributed by atoms with Gasteiger partial charge >= 0.3 is 0 Å². The second-order valence-corrected chi connectivity index (χ2v) is 13.0. The van der Waals surface area contributed by atoms with Gasteiger partial charge in [-0.2, -0.15) is 0 Å². The second kappa shape index (κ2) is 12.4. The zero-order valence-corrected chi connectivity index (χ0v) is 24.9. The monoisotopic (exact) mass is 589 g/mol. The number of hydrogen-bond acceptors (Lipinski definition) is 4. The topological polar surface area (TPSA) is 86.8 Å². The second-order valence-electron chi connectivity index (χ2n) is 10.3. The van der Waals surface area contributed by atoms with Crippen molar-refractivity contribution in [3.8, 4) is 0 Å². The van der Waals surface area contributed by atoms with E-state index in [2.05, 4.69) is 5.32 Å². The lowest BCUT2D eigenvalue weighted by atomic mass is 10.1. The fraction of sp³-hybridized carbons (Fsp3) is 0.310. The summed E-state index contributed by atoms with van der Waals surface area (Å²) in [6, 6.07) is 18.8. The van der Waals surface area contributed by atoms with Crippen LogP contribution < -0.4 is 9.62 Å². The number of carbonyl (C=O) groups excluding carboxylic acids is 2. The Balaban J connectivity index is 2.04. The molecule has 2 amide bonds. The molecule has 0 saturated carbocycles. The molecule has 0 aliphatic carbocycles. The van der Waals surface area contributed by atoms with Crippen LogP contribution in [0.3, 0.4) is 0 Å². The van der Waals surface area contributed by atoms with Gasteiger partial charge in [-0.3, -0.25) is 13.9 Å². The van der Waals surface area contributed by atoms with Crippen LogP contribution >= 0.6 is 23.2 Å². The van der Waals surface area contributed by atoms with Crippen molar-refractivity contribution < 1.29 is 18.0 Å². The molecule has 0 fully saturated rings. The standard InChI is InChI=1S/C29H33Cl2N3O4S/c1-20-10-16-24(17-11-20)39(37,38)34(26-9-7-6-8-25(26)31)19-27(35)33(18-22-12-14-23(30)15-13-22)21(2)28(36)32-29(3,4)5/h6-17,21H,18-19H2,1-5H3,(H,32,36)/t21-/m0/s1. The van der Waals surface area contributed by atoms with Gasteiger partial charge in [-0.1, -0.05) is 65.2 Å². The highest BCUT2D eigenvalue weighted by atomic mass is 35.5. The molecule has 3 aromatic carbocycles. The van der Waals surface area contributed by atoms with E-state index in [4.69, 9.17) is 23.2 Å². The van der Waals surface area contributed by atoms with Gasteiger partial charge in [0.15, 0.2) is 0 Å². The first-order chi connectivity index (χ1) is 18.2. The highest BCUT2D eigenvalue weighted by Gasteiger charge is 2.34. The van der Waals surface area contributed by atoms with E-state index in [0.29, 0.717) is 5.02 Å². The zero-order valence-electron chi connectivity index (χ0n) is 22.6. The molecule has 0 aliphatic rings. The van der Waals surface area contributed by atoms with Crippen LogP contribution in [-0.4, -0.2) is 43.3 Å². The summed E-state index contributed by atoms with van der Waals surface area (Å²) < 4.78 is 28.7. The minimum absolute atomic E-state index is 0.0172. The summed E-state index contributed by atoms with van der Waals surface area (Å²) in [7, 11) is -4.19. The smallest absolute Gasteiger partial charge is 0.264 e. The fourth-order valence-corrected chi connectivity index (χ4v) is 5.69. The first-order valence-corrected chi connectivity index (χ1v) is 14.6. The number of benzene rings is 3. The van der Waals surface area contributed by atoms with E-state index < -0.39 is 34.1 Å². The molecule has 0 bridgehead atoms. The lowest BCUT2D eigenvalue weighted by Gasteiger charge is -2.33. The predicted octanol–water partition coefficient (Wildman–Crippen LogP) is 5.83. The molecule has 0 unspecified atom stereocenters. The molecular weight excluding hydrogens is 557 g/mol. The molecule has 10 heteroatoms. The number of nitrogens with one attached hydrogen (secondary N) is 1. The summed E-state index contributed by atoms with van der Waals surface area (Å²) in [5.41, 5.74) is 1.25. The molecule has 1 N–H and O–H groups in total. The number of aryl methyl sites for hydroxylation is 1.